The lowest BCUT2D eigenvalue weighted by atomic mass is 9.98. The van der Waals surface area contributed by atoms with Gasteiger partial charge in [0.25, 0.3) is 0 Å². The van der Waals surface area contributed by atoms with Gasteiger partial charge in [-0.2, -0.15) is 0 Å². The number of benzene rings is 2. The standard InChI is InChI=1S/C33H40O19/c1-11-22(38)25(41)28(44)31(48-11)47-10-21-24(40)26(42)30(52-32-27(43)23(39)17(37)9-46-32)33(51-21)50-20-8-14-16(36)6-13(34)7-18(14)49-29(20)12-3-4-15(35)19(5-12)45-2/h3-8,11,17,21-28,30-33,37-44H,9-10H2,1-2H3,(H2-,34,35,36)/p+1. The van der Waals surface area contributed by atoms with Crippen molar-refractivity contribution in [1.29, 1.82) is 0 Å². The first-order chi connectivity index (χ1) is 24.7. The molecule has 3 aliphatic rings. The largest absolute Gasteiger partial charge is 0.507 e. The first-order valence-corrected chi connectivity index (χ1v) is 16.2. The van der Waals surface area contributed by atoms with Crippen molar-refractivity contribution in [2.24, 2.45) is 0 Å². The zero-order valence-electron chi connectivity index (χ0n) is 27.6. The van der Waals surface area contributed by atoms with Gasteiger partial charge in [0.2, 0.25) is 12.0 Å². The van der Waals surface area contributed by atoms with Crippen LogP contribution in [0.1, 0.15) is 6.92 Å². The minimum absolute atomic E-state index is 0.00941. The van der Waals surface area contributed by atoms with Crippen LogP contribution in [0, 0.1) is 0 Å². The van der Waals surface area contributed by atoms with Gasteiger partial charge in [-0.15, -0.1) is 0 Å². The predicted molar refractivity (Wildman–Crippen MR) is 170 cm³/mol. The molecule has 3 fully saturated rings. The number of fused-ring (bicyclic) bond motifs is 1. The van der Waals surface area contributed by atoms with E-state index in [4.69, 9.17) is 37.6 Å². The number of phenols is 3. The molecule has 0 spiro atoms. The van der Waals surface area contributed by atoms with Crippen molar-refractivity contribution in [2.45, 2.75) is 92.9 Å². The lowest BCUT2D eigenvalue weighted by molar-refractivity contribution is -0.352. The fourth-order valence-corrected chi connectivity index (χ4v) is 6.09. The van der Waals surface area contributed by atoms with Crippen LogP contribution in [-0.2, 0) is 23.7 Å². The van der Waals surface area contributed by atoms with Gasteiger partial charge in [-0.3, -0.25) is 0 Å². The highest BCUT2D eigenvalue weighted by Gasteiger charge is 2.51. The van der Waals surface area contributed by atoms with E-state index >= 15 is 0 Å². The van der Waals surface area contributed by atoms with Gasteiger partial charge in [-0.1, -0.05) is 0 Å². The van der Waals surface area contributed by atoms with Crippen LogP contribution in [0.3, 0.4) is 0 Å². The van der Waals surface area contributed by atoms with Gasteiger partial charge in [0.05, 0.1) is 38.1 Å². The number of methoxy groups -OCH3 is 1. The Morgan fingerprint density at radius 3 is 2.19 bits per heavy atom. The van der Waals surface area contributed by atoms with Crippen LogP contribution in [0.2, 0.25) is 0 Å². The number of aliphatic hydroxyl groups is 8. The fourth-order valence-electron chi connectivity index (χ4n) is 6.09. The van der Waals surface area contributed by atoms with E-state index in [2.05, 4.69) is 0 Å². The molecule has 0 amide bonds. The third kappa shape index (κ3) is 7.41. The Kier molecular flexibility index (Phi) is 11.2. The molecule has 3 saturated heterocycles. The molecule has 19 nitrogen and oxygen atoms in total. The summed E-state index contributed by atoms with van der Waals surface area (Å²) in [6.45, 7) is 0.367. The van der Waals surface area contributed by atoms with Crippen LogP contribution in [0.15, 0.2) is 40.8 Å². The number of hydrogen-bond donors (Lipinski definition) is 11. The monoisotopic (exact) mass is 741 g/mol. The van der Waals surface area contributed by atoms with Crippen molar-refractivity contribution in [1.82, 2.24) is 0 Å². The molecule has 1 aromatic heterocycles. The van der Waals surface area contributed by atoms with Crippen LogP contribution in [-0.4, -0.2) is 163 Å². The number of phenolic OH excluding ortho intramolecular Hbond substituents is 3. The van der Waals surface area contributed by atoms with Crippen molar-refractivity contribution < 1.29 is 93.7 Å². The molecule has 14 atom stereocenters. The second-order valence-electron chi connectivity index (χ2n) is 12.7. The molecule has 0 saturated carbocycles. The van der Waals surface area contributed by atoms with Crippen molar-refractivity contribution in [3.63, 3.8) is 0 Å². The van der Waals surface area contributed by atoms with E-state index in [0.717, 1.165) is 6.07 Å². The lowest BCUT2D eigenvalue weighted by Gasteiger charge is -2.45. The SMILES string of the molecule is COc1cc(-c2[o+]c3cc(O)cc(O)c3cc2OC2OC(COC3OC(C)C(O)C(O)C3O)C(O)C(O)C2OC2OCC(O)C(O)C2O)ccc1O. The zero-order chi connectivity index (χ0) is 37.6. The fraction of sp³-hybridized carbons (Fsp3) is 0.545. The summed E-state index contributed by atoms with van der Waals surface area (Å²) in [7, 11) is 1.31. The van der Waals surface area contributed by atoms with Gasteiger partial charge in [0, 0.05) is 18.2 Å². The summed E-state index contributed by atoms with van der Waals surface area (Å²) < 4.78 is 45.8. The summed E-state index contributed by atoms with van der Waals surface area (Å²) in [5.74, 6) is -1.21. The number of aromatic hydroxyl groups is 3. The Labute approximate surface area is 294 Å². The molecule has 0 aliphatic carbocycles. The summed E-state index contributed by atoms with van der Waals surface area (Å²) in [5, 5.41) is 115. The first-order valence-electron chi connectivity index (χ1n) is 16.2. The van der Waals surface area contributed by atoms with E-state index in [1.165, 1.54) is 44.4 Å². The molecule has 4 heterocycles. The van der Waals surface area contributed by atoms with E-state index < -0.39 is 105 Å². The second kappa shape index (κ2) is 15.4. The molecule has 3 aromatic rings. The average Bonchev–Trinajstić information content (AvgIpc) is 3.11. The molecule has 2 aromatic carbocycles. The van der Waals surface area contributed by atoms with Crippen molar-refractivity contribution >= 4 is 11.0 Å². The Morgan fingerprint density at radius 1 is 0.731 bits per heavy atom. The zero-order valence-corrected chi connectivity index (χ0v) is 27.6. The molecule has 286 valence electrons. The van der Waals surface area contributed by atoms with E-state index in [0.29, 0.717) is 0 Å². The maximum atomic E-state index is 11.4. The summed E-state index contributed by atoms with van der Waals surface area (Å²) in [4.78, 5) is 0. The quantitative estimate of drug-likeness (QED) is 0.106. The summed E-state index contributed by atoms with van der Waals surface area (Å²) in [6.07, 6.45) is -22.6. The molecule has 19 heteroatoms. The van der Waals surface area contributed by atoms with Crippen LogP contribution in [0.4, 0.5) is 0 Å². The number of rotatable bonds is 9. The smallest absolute Gasteiger partial charge is 0.402 e. The number of ether oxygens (including phenoxy) is 7. The predicted octanol–water partition coefficient (Wildman–Crippen LogP) is -2.00. The van der Waals surface area contributed by atoms with Gasteiger partial charge >= 0.3 is 11.3 Å². The van der Waals surface area contributed by atoms with Crippen molar-refractivity contribution in [3.05, 3.63) is 36.4 Å². The van der Waals surface area contributed by atoms with Crippen molar-refractivity contribution in [3.8, 4) is 40.1 Å². The van der Waals surface area contributed by atoms with Gasteiger partial charge in [-0.25, -0.2) is 4.42 Å². The summed E-state index contributed by atoms with van der Waals surface area (Å²) in [5.41, 5.74) is 0.231. The topological polar surface area (TPSA) is 298 Å². The summed E-state index contributed by atoms with van der Waals surface area (Å²) >= 11 is 0. The average molecular weight is 742 g/mol. The molecule has 0 bridgehead atoms. The molecule has 0 radical (unpaired) electrons. The van der Waals surface area contributed by atoms with E-state index in [1.54, 1.807) is 0 Å². The third-order valence-corrected chi connectivity index (χ3v) is 9.12. The Balaban J connectivity index is 1.37. The van der Waals surface area contributed by atoms with Gasteiger partial charge in [0.1, 0.15) is 71.8 Å². The highest BCUT2D eigenvalue weighted by molar-refractivity contribution is 5.88. The Hall–Kier alpha value is -3.67. The van der Waals surface area contributed by atoms with E-state index in [9.17, 15) is 56.2 Å². The highest BCUT2D eigenvalue weighted by Crippen LogP contribution is 2.43. The Morgan fingerprint density at radius 2 is 1.46 bits per heavy atom. The molecule has 11 N–H and O–H groups in total. The van der Waals surface area contributed by atoms with Gasteiger partial charge in [-0.05, 0) is 19.1 Å². The minimum Gasteiger partial charge on any atom is -0.507 e. The number of hydrogen-bond acceptors (Lipinski definition) is 18. The Bertz CT molecular complexity index is 1710. The normalized spacial score (nSPS) is 36.8. The molecule has 52 heavy (non-hydrogen) atoms. The molecule has 3 aliphatic heterocycles. The molecule has 6 rings (SSSR count). The number of aliphatic hydroxyl groups excluding tert-OH is 8. The maximum absolute atomic E-state index is 11.4. The molecule has 14 unspecified atom stereocenters. The van der Waals surface area contributed by atoms with E-state index in [1.807, 2.05) is 0 Å². The minimum atomic E-state index is -1.91. The maximum Gasteiger partial charge on any atom is 0.402 e. The van der Waals surface area contributed by atoms with Crippen LogP contribution >= 0.6 is 0 Å². The van der Waals surface area contributed by atoms with Crippen molar-refractivity contribution in [2.75, 3.05) is 20.3 Å². The summed E-state index contributed by atoms with van der Waals surface area (Å²) in [6, 6.07) is 7.69. The van der Waals surface area contributed by atoms with Gasteiger partial charge < -0.3 is 89.3 Å². The van der Waals surface area contributed by atoms with E-state index in [-0.39, 0.29) is 45.3 Å². The van der Waals surface area contributed by atoms with Crippen LogP contribution < -0.4 is 9.47 Å². The highest BCUT2D eigenvalue weighted by atomic mass is 16.8. The van der Waals surface area contributed by atoms with Crippen LogP contribution in [0.5, 0.6) is 28.7 Å². The lowest BCUT2D eigenvalue weighted by Crippen LogP contribution is -2.64. The van der Waals surface area contributed by atoms with Crippen LogP contribution in [0.25, 0.3) is 22.3 Å². The molecular weight excluding hydrogens is 700 g/mol. The second-order valence-corrected chi connectivity index (χ2v) is 12.7. The van der Waals surface area contributed by atoms with Gasteiger partial charge in [0.15, 0.2) is 30.2 Å². The third-order valence-electron chi connectivity index (χ3n) is 9.12. The molecular formula is C33H41O19+. The first kappa shape index (κ1) is 38.1.